The predicted molar refractivity (Wildman–Crippen MR) is 90.3 cm³/mol. The minimum absolute atomic E-state index is 0.552. The first kappa shape index (κ1) is 13.8. The van der Waals surface area contributed by atoms with Crippen molar-refractivity contribution in [2.75, 3.05) is 0 Å². The molecule has 4 heteroatoms. The molecule has 3 rings (SSSR count). The van der Waals surface area contributed by atoms with Crippen molar-refractivity contribution in [2.45, 2.75) is 19.4 Å². The molecule has 0 heterocycles. The van der Waals surface area contributed by atoms with Crippen LogP contribution in [0, 0.1) is 0 Å². The van der Waals surface area contributed by atoms with Crippen LogP contribution in [-0.4, -0.2) is 10.8 Å². The van der Waals surface area contributed by atoms with Gasteiger partial charge in [0.2, 0.25) is 0 Å². The number of hydrogen-bond donors (Lipinski definition) is 2. The Kier molecular flexibility index (Phi) is 4.26. The van der Waals surface area contributed by atoms with E-state index in [4.69, 9.17) is 12.2 Å². The first-order chi connectivity index (χ1) is 10.3. The van der Waals surface area contributed by atoms with Gasteiger partial charge in [0, 0.05) is 12.1 Å². The van der Waals surface area contributed by atoms with Crippen molar-refractivity contribution < 1.29 is 0 Å². The first-order valence-corrected chi connectivity index (χ1v) is 7.46. The normalized spacial score (nSPS) is 14.8. The Labute approximate surface area is 130 Å². The van der Waals surface area contributed by atoms with Gasteiger partial charge in [-0.25, -0.2) is 0 Å². The zero-order valence-corrected chi connectivity index (χ0v) is 12.5. The van der Waals surface area contributed by atoms with Gasteiger partial charge in [-0.05, 0) is 36.2 Å². The van der Waals surface area contributed by atoms with Crippen LogP contribution in [0.3, 0.4) is 0 Å². The van der Waals surface area contributed by atoms with Crippen molar-refractivity contribution in [3.63, 3.8) is 0 Å². The summed E-state index contributed by atoms with van der Waals surface area (Å²) < 4.78 is 0. The summed E-state index contributed by atoms with van der Waals surface area (Å²) in [6.45, 7) is 0.702. The third-order valence-corrected chi connectivity index (χ3v) is 3.78. The summed E-state index contributed by atoms with van der Waals surface area (Å²) in [5, 5.41) is 8.15. The summed E-state index contributed by atoms with van der Waals surface area (Å²) in [7, 11) is 0. The summed E-state index contributed by atoms with van der Waals surface area (Å²) >= 11 is 5.26. The van der Waals surface area contributed by atoms with Gasteiger partial charge in [-0.2, -0.15) is 5.10 Å². The summed E-state index contributed by atoms with van der Waals surface area (Å²) in [6, 6.07) is 18.6. The topological polar surface area (TPSA) is 36.4 Å². The van der Waals surface area contributed by atoms with E-state index in [0.717, 1.165) is 18.6 Å². The van der Waals surface area contributed by atoms with E-state index in [1.807, 2.05) is 24.3 Å². The lowest BCUT2D eigenvalue weighted by Crippen LogP contribution is -2.32. The van der Waals surface area contributed by atoms with Crippen LogP contribution in [0.15, 0.2) is 59.7 Å². The third kappa shape index (κ3) is 3.47. The fourth-order valence-electron chi connectivity index (χ4n) is 2.46. The molecule has 0 atom stereocenters. The van der Waals surface area contributed by atoms with Crippen LogP contribution in [0.25, 0.3) is 0 Å². The standard InChI is InChI=1S/C17H17N3S/c21-17(18-12-13-6-2-1-3-7-13)20-19-16-11-10-14-8-4-5-9-15(14)16/h1-9H,10-12H2,(H2,18,20,21)/b19-16-. The number of rotatable bonds is 3. The molecule has 0 radical (unpaired) electrons. The molecule has 2 aromatic carbocycles. The molecule has 1 aliphatic rings. The molecule has 1 aliphatic carbocycles. The maximum Gasteiger partial charge on any atom is 0.187 e. The molecule has 0 bridgehead atoms. The monoisotopic (exact) mass is 295 g/mol. The lowest BCUT2D eigenvalue weighted by atomic mass is 10.1. The predicted octanol–water partition coefficient (Wildman–Crippen LogP) is 3.00. The number of fused-ring (bicyclic) bond motifs is 1. The van der Waals surface area contributed by atoms with Crippen molar-refractivity contribution in [1.29, 1.82) is 0 Å². The van der Waals surface area contributed by atoms with E-state index in [1.54, 1.807) is 0 Å². The average molecular weight is 295 g/mol. The molecule has 0 aromatic heterocycles. The van der Waals surface area contributed by atoms with Gasteiger partial charge in [-0.15, -0.1) is 0 Å². The zero-order valence-electron chi connectivity index (χ0n) is 11.7. The molecule has 0 amide bonds. The highest BCUT2D eigenvalue weighted by Crippen LogP contribution is 2.21. The second kappa shape index (κ2) is 6.50. The molecular weight excluding hydrogens is 278 g/mol. The number of nitrogens with one attached hydrogen (secondary N) is 2. The minimum atomic E-state index is 0.552. The van der Waals surface area contributed by atoms with E-state index in [0.29, 0.717) is 11.7 Å². The molecule has 21 heavy (non-hydrogen) atoms. The highest BCUT2D eigenvalue weighted by atomic mass is 32.1. The number of hydrazone groups is 1. The van der Waals surface area contributed by atoms with Gasteiger partial charge < -0.3 is 5.32 Å². The molecule has 106 valence electrons. The van der Waals surface area contributed by atoms with Gasteiger partial charge in [0.05, 0.1) is 5.71 Å². The van der Waals surface area contributed by atoms with Gasteiger partial charge in [0.1, 0.15) is 0 Å². The SMILES string of the molecule is S=C(NCc1ccccc1)N/N=C1/CCc2ccccc21. The maximum absolute atomic E-state index is 5.26. The second-order valence-corrected chi connectivity index (χ2v) is 5.40. The van der Waals surface area contributed by atoms with Crippen LogP contribution in [0.2, 0.25) is 0 Å². The van der Waals surface area contributed by atoms with Gasteiger partial charge in [-0.3, -0.25) is 5.43 Å². The summed E-state index contributed by atoms with van der Waals surface area (Å²) in [5.74, 6) is 0. The molecule has 2 aromatic rings. The van der Waals surface area contributed by atoms with E-state index in [1.165, 1.54) is 16.7 Å². The second-order valence-electron chi connectivity index (χ2n) is 5.00. The van der Waals surface area contributed by atoms with Gasteiger partial charge >= 0.3 is 0 Å². The molecule has 0 unspecified atom stereocenters. The molecule has 0 aliphatic heterocycles. The van der Waals surface area contributed by atoms with Crippen molar-refractivity contribution in [3.05, 3.63) is 71.3 Å². The summed E-state index contributed by atoms with van der Waals surface area (Å²) in [4.78, 5) is 0. The number of aryl methyl sites for hydroxylation is 1. The smallest absolute Gasteiger partial charge is 0.187 e. The Morgan fingerprint density at radius 3 is 2.62 bits per heavy atom. The van der Waals surface area contributed by atoms with Gasteiger partial charge in [0.25, 0.3) is 0 Å². The third-order valence-electron chi connectivity index (χ3n) is 3.55. The lowest BCUT2D eigenvalue weighted by molar-refractivity contribution is 0.864. The van der Waals surface area contributed by atoms with Crippen LogP contribution in [0.5, 0.6) is 0 Å². The van der Waals surface area contributed by atoms with E-state index in [-0.39, 0.29) is 0 Å². The van der Waals surface area contributed by atoms with Crippen molar-refractivity contribution in [1.82, 2.24) is 10.7 Å². The Morgan fingerprint density at radius 1 is 1.00 bits per heavy atom. The molecule has 3 nitrogen and oxygen atoms in total. The Bertz CT molecular complexity index is 665. The molecule has 0 saturated heterocycles. The first-order valence-electron chi connectivity index (χ1n) is 7.05. The number of hydrogen-bond acceptors (Lipinski definition) is 2. The van der Waals surface area contributed by atoms with Gasteiger partial charge in [0.15, 0.2) is 5.11 Å². The Morgan fingerprint density at radius 2 is 1.76 bits per heavy atom. The average Bonchev–Trinajstić information content (AvgIpc) is 2.95. The van der Waals surface area contributed by atoms with Crippen molar-refractivity contribution >= 4 is 23.0 Å². The van der Waals surface area contributed by atoms with E-state index >= 15 is 0 Å². The quantitative estimate of drug-likeness (QED) is 0.675. The highest BCUT2D eigenvalue weighted by Gasteiger charge is 2.16. The van der Waals surface area contributed by atoms with Crippen molar-refractivity contribution in [2.24, 2.45) is 5.10 Å². The largest absolute Gasteiger partial charge is 0.357 e. The van der Waals surface area contributed by atoms with Crippen LogP contribution in [-0.2, 0) is 13.0 Å². The number of benzene rings is 2. The molecule has 0 spiro atoms. The zero-order chi connectivity index (χ0) is 14.5. The Hall–Kier alpha value is -2.20. The number of thiocarbonyl (C=S) groups is 1. The fourth-order valence-corrected chi connectivity index (χ4v) is 2.58. The lowest BCUT2D eigenvalue weighted by Gasteiger charge is -2.08. The maximum atomic E-state index is 5.26. The van der Waals surface area contributed by atoms with Crippen LogP contribution in [0.4, 0.5) is 0 Å². The number of nitrogens with zero attached hydrogens (tertiary/aromatic N) is 1. The molecular formula is C17H17N3S. The van der Waals surface area contributed by atoms with E-state index in [2.05, 4.69) is 46.2 Å². The van der Waals surface area contributed by atoms with E-state index < -0.39 is 0 Å². The molecule has 0 fully saturated rings. The summed E-state index contributed by atoms with van der Waals surface area (Å²) in [6.07, 6.45) is 2.02. The molecule has 0 saturated carbocycles. The Balaban J connectivity index is 1.56. The summed E-state index contributed by atoms with van der Waals surface area (Å²) in [5.41, 5.74) is 7.81. The molecule has 2 N–H and O–H groups in total. The van der Waals surface area contributed by atoms with E-state index in [9.17, 15) is 0 Å². The van der Waals surface area contributed by atoms with Crippen molar-refractivity contribution in [3.8, 4) is 0 Å². The minimum Gasteiger partial charge on any atom is -0.357 e. The van der Waals surface area contributed by atoms with Crippen LogP contribution in [0.1, 0.15) is 23.1 Å². The van der Waals surface area contributed by atoms with Gasteiger partial charge in [-0.1, -0.05) is 54.6 Å². The fraction of sp³-hybridized carbons (Fsp3) is 0.176. The van der Waals surface area contributed by atoms with Crippen LogP contribution < -0.4 is 10.7 Å². The van der Waals surface area contributed by atoms with Crippen LogP contribution >= 0.6 is 12.2 Å². The highest BCUT2D eigenvalue weighted by molar-refractivity contribution is 7.80.